The van der Waals surface area contributed by atoms with Gasteiger partial charge in [-0.25, -0.2) is 4.39 Å². The number of rotatable bonds is 10. The second-order valence-corrected chi connectivity index (χ2v) is 9.06. The maximum atomic E-state index is 14.6. The number of nitrogens with one attached hydrogen (secondary N) is 1. The predicted molar refractivity (Wildman–Crippen MR) is 134 cm³/mol. The molecule has 1 atom stereocenters. The van der Waals surface area contributed by atoms with Crippen LogP contribution in [0.3, 0.4) is 0 Å². The summed E-state index contributed by atoms with van der Waals surface area (Å²) in [7, 11) is 0. The lowest BCUT2D eigenvalue weighted by atomic mass is 10.00. The van der Waals surface area contributed by atoms with Crippen molar-refractivity contribution < 1.29 is 14.0 Å². The Morgan fingerprint density at radius 3 is 2.15 bits per heavy atom. The van der Waals surface area contributed by atoms with Crippen molar-refractivity contribution in [2.75, 3.05) is 6.54 Å². The Labute approximate surface area is 201 Å². The van der Waals surface area contributed by atoms with Crippen molar-refractivity contribution in [3.8, 4) is 0 Å². The van der Waals surface area contributed by atoms with E-state index in [0.29, 0.717) is 18.5 Å². The zero-order chi connectivity index (χ0) is 24.5. The molecule has 1 N–H and O–H groups in total. The van der Waals surface area contributed by atoms with E-state index in [2.05, 4.69) is 5.32 Å². The summed E-state index contributed by atoms with van der Waals surface area (Å²) in [5.41, 5.74) is 3.22. The van der Waals surface area contributed by atoms with Gasteiger partial charge in [-0.05, 0) is 35.6 Å². The van der Waals surface area contributed by atoms with Gasteiger partial charge in [0.2, 0.25) is 11.8 Å². The molecule has 4 nitrogen and oxygen atoms in total. The van der Waals surface area contributed by atoms with Crippen LogP contribution in [0.2, 0.25) is 0 Å². The SMILES string of the molecule is Cc1ccccc1CC(=O)N(Cc1ccccc1F)[C@@H](Cc1ccccc1)C(=O)NCC(C)C. The quantitative estimate of drug-likeness (QED) is 0.458. The molecule has 0 saturated carbocycles. The van der Waals surface area contributed by atoms with E-state index in [4.69, 9.17) is 0 Å². The van der Waals surface area contributed by atoms with Crippen LogP contribution < -0.4 is 5.32 Å². The Hall–Kier alpha value is -3.47. The van der Waals surface area contributed by atoms with Crippen molar-refractivity contribution in [2.45, 2.75) is 46.2 Å². The molecule has 0 aliphatic rings. The average Bonchev–Trinajstić information content (AvgIpc) is 2.83. The fourth-order valence-electron chi connectivity index (χ4n) is 3.86. The first-order chi connectivity index (χ1) is 16.3. The summed E-state index contributed by atoms with van der Waals surface area (Å²) < 4.78 is 14.6. The maximum absolute atomic E-state index is 14.6. The van der Waals surface area contributed by atoms with Gasteiger partial charge in [-0.1, -0.05) is 86.6 Å². The summed E-state index contributed by atoms with van der Waals surface area (Å²) in [6.45, 7) is 6.52. The van der Waals surface area contributed by atoms with E-state index in [1.54, 1.807) is 18.2 Å². The standard InChI is InChI=1S/C29H33FN2O2/c1-21(2)19-31-29(34)27(17-23-12-5-4-6-13-23)32(20-25-15-9-10-16-26(25)30)28(33)18-24-14-8-7-11-22(24)3/h4-16,21,27H,17-20H2,1-3H3,(H,31,34)/t27-/m0/s1. The van der Waals surface area contributed by atoms with Gasteiger partial charge in [-0.2, -0.15) is 0 Å². The molecule has 3 aromatic rings. The predicted octanol–water partition coefficient (Wildman–Crippen LogP) is 5.09. The number of carbonyl (C=O) groups excluding carboxylic acids is 2. The molecular formula is C29H33FN2O2. The van der Waals surface area contributed by atoms with Gasteiger partial charge in [-0.15, -0.1) is 0 Å². The van der Waals surface area contributed by atoms with Gasteiger partial charge in [0.05, 0.1) is 6.42 Å². The fourth-order valence-corrected chi connectivity index (χ4v) is 3.86. The molecule has 3 aromatic carbocycles. The second kappa shape index (κ2) is 12.1. The van der Waals surface area contributed by atoms with Gasteiger partial charge in [-0.3, -0.25) is 9.59 Å². The van der Waals surface area contributed by atoms with Crippen molar-refractivity contribution in [3.63, 3.8) is 0 Å². The van der Waals surface area contributed by atoms with E-state index in [1.165, 1.54) is 11.0 Å². The number of nitrogens with zero attached hydrogens (tertiary/aromatic N) is 1. The Morgan fingerprint density at radius 2 is 1.50 bits per heavy atom. The normalized spacial score (nSPS) is 11.8. The minimum atomic E-state index is -0.766. The zero-order valence-corrected chi connectivity index (χ0v) is 20.1. The first-order valence-electron chi connectivity index (χ1n) is 11.7. The zero-order valence-electron chi connectivity index (χ0n) is 20.1. The van der Waals surface area contributed by atoms with Crippen molar-refractivity contribution in [3.05, 3.63) is 107 Å². The summed E-state index contributed by atoms with van der Waals surface area (Å²) in [6.07, 6.45) is 0.489. The Morgan fingerprint density at radius 1 is 0.882 bits per heavy atom. The van der Waals surface area contributed by atoms with Gasteiger partial charge >= 0.3 is 0 Å². The van der Waals surface area contributed by atoms with Crippen LogP contribution in [-0.2, 0) is 29.0 Å². The molecule has 178 valence electrons. The van der Waals surface area contributed by atoms with Crippen LogP contribution in [0.15, 0.2) is 78.9 Å². The first kappa shape index (κ1) is 25.2. The minimum absolute atomic E-state index is 0.0178. The van der Waals surface area contributed by atoms with E-state index >= 15 is 0 Å². The third-order valence-electron chi connectivity index (χ3n) is 5.86. The molecule has 2 amide bonds. The van der Waals surface area contributed by atoms with E-state index in [1.807, 2.05) is 75.4 Å². The Balaban J connectivity index is 1.98. The van der Waals surface area contributed by atoms with Gasteiger partial charge < -0.3 is 10.2 Å². The Bertz CT molecular complexity index is 1100. The minimum Gasteiger partial charge on any atom is -0.354 e. The molecule has 5 heteroatoms. The van der Waals surface area contributed by atoms with Crippen LogP contribution in [0.25, 0.3) is 0 Å². The lowest BCUT2D eigenvalue weighted by Gasteiger charge is -2.32. The van der Waals surface area contributed by atoms with Crippen LogP contribution in [0.1, 0.15) is 36.1 Å². The smallest absolute Gasteiger partial charge is 0.243 e. The molecule has 0 bridgehead atoms. The van der Waals surface area contributed by atoms with E-state index in [-0.39, 0.29) is 30.7 Å². The average molecular weight is 461 g/mol. The fraction of sp³-hybridized carbons (Fsp3) is 0.310. The molecule has 0 aliphatic heterocycles. The molecule has 0 heterocycles. The van der Waals surface area contributed by atoms with E-state index in [0.717, 1.165) is 16.7 Å². The molecule has 3 rings (SSSR count). The molecule has 0 aliphatic carbocycles. The highest BCUT2D eigenvalue weighted by Crippen LogP contribution is 2.19. The van der Waals surface area contributed by atoms with Crippen LogP contribution >= 0.6 is 0 Å². The molecule has 0 unspecified atom stereocenters. The number of halogens is 1. The first-order valence-corrected chi connectivity index (χ1v) is 11.7. The van der Waals surface area contributed by atoms with Crippen LogP contribution in [0.4, 0.5) is 4.39 Å². The number of carbonyl (C=O) groups is 2. The monoisotopic (exact) mass is 460 g/mol. The topological polar surface area (TPSA) is 49.4 Å². The summed E-state index contributed by atoms with van der Waals surface area (Å²) in [5, 5.41) is 2.99. The second-order valence-electron chi connectivity index (χ2n) is 9.06. The third kappa shape index (κ3) is 7.01. The molecule has 0 spiro atoms. The molecule has 34 heavy (non-hydrogen) atoms. The van der Waals surface area contributed by atoms with Crippen LogP contribution in [0.5, 0.6) is 0 Å². The highest BCUT2D eigenvalue weighted by molar-refractivity contribution is 5.89. The molecule has 0 saturated heterocycles. The van der Waals surface area contributed by atoms with Crippen molar-refractivity contribution in [2.24, 2.45) is 5.92 Å². The molecule has 0 fully saturated rings. The van der Waals surface area contributed by atoms with Gasteiger partial charge in [0, 0.05) is 25.1 Å². The van der Waals surface area contributed by atoms with Gasteiger partial charge in [0.25, 0.3) is 0 Å². The molecule has 0 radical (unpaired) electrons. The van der Waals surface area contributed by atoms with Gasteiger partial charge in [0.1, 0.15) is 11.9 Å². The van der Waals surface area contributed by atoms with Crippen molar-refractivity contribution in [1.29, 1.82) is 0 Å². The van der Waals surface area contributed by atoms with Crippen LogP contribution in [0, 0.1) is 18.7 Å². The number of hydrogen-bond acceptors (Lipinski definition) is 2. The molecular weight excluding hydrogens is 427 g/mol. The number of benzene rings is 3. The lowest BCUT2D eigenvalue weighted by Crippen LogP contribution is -2.51. The number of hydrogen-bond donors (Lipinski definition) is 1. The van der Waals surface area contributed by atoms with E-state index < -0.39 is 11.9 Å². The van der Waals surface area contributed by atoms with E-state index in [9.17, 15) is 14.0 Å². The molecule has 0 aromatic heterocycles. The third-order valence-corrected chi connectivity index (χ3v) is 5.86. The van der Waals surface area contributed by atoms with Crippen molar-refractivity contribution >= 4 is 11.8 Å². The Kier molecular flexibility index (Phi) is 8.97. The highest BCUT2D eigenvalue weighted by atomic mass is 19.1. The highest BCUT2D eigenvalue weighted by Gasteiger charge is 2.31. The van der Waals surface area contributed by atoms with Crippen molar-refractivity contribution in [1.82, 2.24) is 10.2 Å². The lowest BCUT2D eigenvalue weighted by molar-refractivity contribution is -0.140. The van der Waals surface area contributed by atoms with Crippen LogP contribution in [-0.4, -0.2) is 29.3 Å². The summed E-state index contributed by atoms with van der Waals surface area (Å²) >= 11 is 0. The maximum Gasteiger partial charge on any atom is 0.243 e. The van der Waals surface area contributed by atoms with Gasteiger partial charge in [0.15, 0.2) is 0 Å². The largest absolute Gasteiger partial charge is 0.354 e. The number of aryl methyl sites for hydroxylation is 1. The summed E-state index contributed by atoms with van der Waals surface area (Å²) in [6, 6.07) is 23.0. The summed E-state index contributed by atoms with van der Waals surface area (Å²) in [4.78, 5) is 28.6. The summed E-state index contributed by atoms with van der Waals surface area (Å²) in [5.74, 6) is -0.563. The number of amides is 2.